The molecule has 104 valence electrons. The molecule has 0 aromatic heterocycles. The van der Waals surface area contributed by atoms with Crippen LogP contribution in [0.1, 0.15) is 12.8 Å². The summed E-state index contributed by atoms with van der Waals surface area (Å²) in [5.74, 6) is -0.644. The lowest BCUT2D eigenvalue weighted by Gasteiger charge is -2.21. The molecule has 1 saturated heterocycles. The molecule has 1 heterocycles. The SMILES string of the molecule is NC(=O)[C@@H]1CCCN1S(=O)(=O)c1cc(Cl)cc(Cl)c1. The highest BCUT2D eigenvalue weighted by molar-refractivity contribution is 7.89. The van der Waals surface area contributed by atoms with Crippen molar-refractivity contribution in [3.63, 3.8) is 0 Å². The second-order valence-electron chi connectivity index (χ2n) is 4.28. The fourth-order valence-corrected chi connectivity index (χ4v) is 4.52. The van der Waals surface area contributed by atoms with E-state index in [1.54, 1.807) is 0 Å². The van der Waals surface area contributed by atoms with Crippen LogP contribution in [-0.2, 0) is 14.8 Å². The average molecular weight is 323 g/mol. The van der Waals surface area contributed by atoms with Gasteiger partial charge in [-0.2, -0.15) is 4.31 Å². The number of rotatable bonds is 3. The van der Waals surface area contributed by atoms with E-state index >= 15 is 0 Å². The summed E-state index contributed by atoms with van der Waals surface area (Å²) >= 11 is 11.6. The van der Waals surface area contributed by atoms with E-state index in [1.807, 2.05) is 0 Å². The summed E-state index contributed by atoms with van der Waals surface area (Å²) in [5, 5.41) is 0.446. The number of hydrogen-bond donors (Lipinski definition) is 1. The number of nitrogens with two attached hydrogens (primary N) is 1. The molecule has 1 aliphatic rings. The van der Waals surface area contributed by atoms with Crippen LogP contribution >= 0.6 is 23.2 Å². The summed E-state index contributed by atoms with van der Waals surface area (Å²) < 4.78 is 26.0. The lowest BCUT2D eigenvalue weighted by molar-refractivity contribution is -0.121. The number of amides is 1. The molecule has 0 spiro atoms. The maximum absolute atomic E-state index is 12.5. The van der Waals surface area contributed by atoms with E-state index in [9.17, 15) is 13.2 Å². The van der Waals surface area contributed by atoms with Gasteiger partial charge < -0.3 is 5.73 Å². The van der Waals surface area contributed by atoms with E-state index in [1.165, 1.54) is 18.2 Å². The zero-order chi connectivity index (χ0) is 14.2. The summed E-state index contributed by atoms with van der Waals surface area (Å²) in [6.07, 6.45) is 1.03. The van der Waals surface area contributed by atoms with Gasteiger partial charge in [-0.3, -0.25) is 4.79 Å². The van der Waals surface area contributed by atoms with Gasteiger partial charge in [0.2, 0.25) is 15.9 Å². The van der Waals surface area contributed by atoms with Crippen molar-refractivity contribution in [2.24, 2.45) is 5.73 Å². The minimum atomic E-state index is -3.81. The molecular formula is C11H12Cl2N2O3S. The second-order valence-corrected chi connectivity index (χ2v) is 7.04. The van der Waals surface area contributed by atoms with Gasteiger partial charge in [0.25, 0.3) is 0 Å². The first-order valence-electron chi connectivity index (χ1n) is 5.59. The highest BCUT2D eigenvalue weighted by Gasteiger charge is 2.38. The normalized spacial score (nSPS) is 20.6. The molecule has 2 N–H and O–H groups in total. The Morgan fingerprint density at radius 2 is 1.84 bits per heavy atom. The van der Waals surface area contributed by atoms with Crippen molar-refractivity contribution in [1.82, 2.24) is 4.31 Å². The minimum absolute atomic E-state index is 0.0295. The number of sulfonamides is 1. The van der Waals surface area contributed by atoms with Crippen LogP contribution in [0.2, 0.25) is 10.0 Å². The predicted octanol–water partition coefficient (Wildman–Crippen LogP) is 1.63. The molecule has 1 aromatic carbocycles. The van der Waals surface area contributed by atoms with Crippen LogP contribution in [0.3, 0.4) is 0 Å². The first-order chi connectivity index (χ1) is 8.82. The molecule has 0 radical (unpaired) electrons. The largest absolute Gasteiger partial charge is 0.368 e. The molecule has 0 bridgehead atoms. The van der Waals surface area contributed by atoms with Crippen molar-refractivity contribution in [3.8, 4) is 0 Å². The lowest BCUT2D eigenvalue weighted by Crippen LogP contribution is -2.43. The quantitative estimate of drug-likeness (QED) is 0.918. The zero-order valence-electron chi connectivity index (χ0n) is 9.84. The van der Waals surface area contributed by atoms with Crippen LogP contribution in [0, 0.1) is 0 Å². The number of nitrogens with zero attached hydrogens (tertiary/aromatic N) is 1. The van der Waals surface area contributed by atoms with Crippen LogP contribution in [0.4, 0.5) is 0 Å². The summed E-state index contributed by atoms with van der Waals surface area (Å²) in [5.41, 5.74) is 5.23. The number of hydrogen-bond acceptors (Lipinski definition) is 3. The Kier molecular flexibility index (Phi) is 4.06. The first-order valence-corrected chi connectivity index (χ1v) is 7.79. The summed E-state index contributed by atoms with van der Waals surface area (Å²) in [7, 11) is -3.81. The Hall–Kier alpha value is -0.820. The molecule has 2 rings (SSSR count). The third-order valence-electron chi connectivity index (χ3n) is 2.97. The van der Waals surface area contributed by atoms with Crippen molar-refractivity contribution < 1.29 is 13.2 Å². The third-order valence-corrected chi connectivity index (χ3v) is 5.30. The zero-order valence-corrected chi connectivity index (χ0v) is 12.2. The van der Waals surface area contributed by atoms with E-state index in [0.29, 0.717) is 12.8 Å². The molecule has 1 amide bonds. The molecule has 5 nitrogen and oxygen atoms in total. The van der Waals surface area contributed by atoms with Crippen LogP contribution in [0.5, 0.6) is 0 Å². The maximum atomic E-state index is 12.5. The van der Waals surface area contributed by atoms with Crippen molar-refractivity contribution in [1.29, 1.82) is 0 Å². The Morgan fingerprint density at radius 3 is 2.37 bits per heavy atom. The van der Waals surface area contributed by atoms with E-state index in [2.05, 4.69) is 0 Å². The number of halogens is 2. The van der Waals surface area contributed by atoms with Gasteiger partial charge in [-0.25, -0.2) is 8.42 Å². The number of carbonyl (C=O) groups excluding carboxylic acids is 1. The monoisotopic (exact) mass is 322 g/mol. The molecule has 8 heteroatoms. The summed E-state index contributed by atoms with van der Waals surface area (Å²) in [4.78, 5) is 11.3. The predicted molar refractivity (Wildman–Crippen MR) is 72.6 cm³/mol. The van der Waals surface area contributed by atoms with E-state index in [0.717, 1.165) is 4.31 Å². The van der Waals surface area contributed by atoms with Crippen LogP contribution in [-0.4, -0.2) is 31.2 Å². The minimum Gasteiger partial charge on any atom is -0.368 e. The number of benzene rings is 1. The third kappa shape index (κ3) is 2.86. The standard InChI is InChI=1S/C11H12Cl2N2O3S/c12-7-4-8(13)6-9(5-7)19(17,18)15-3-1-2-10(15)11(14)16/h4-6,10H,1-3H2,(H2,14,16)/t10-/m0/s1. The molecule has 1 fully saturated rings. The van der Waals surface area contributed by atoms with Gasteiger partial charge in [-0.1, -0.05) is 23.2 Å². The Morgan fingerprint density at radius 1 is 1.26 bits per heavy atom. The Labute approximate surface area is 121 Å². The molecular weight excluding hydrogens is 311 g/mol. The van der Waals surface area contributed by atoms with Gasteiger partial charge >= 0.3 is 0 Å². The van der Waals surface area contributed by atoms with Crippen LogP contribution < -0.4 is 5.73 Å². The van der Waals surface area contributed by atoms with Gasteiger partial charge in [0.15, 0.2) is 0 Å². The number of carbonyl (C=O) groups is 1. The van der Waals surface area contributed by atoms with Gasteiger partial charge in [-0.15, -0.1) is 0 Å². The van der Waals surface area contributed by atoms with Crippen molar-refractivity contribution in [3.05, 3.63) is 28.2 Å². The molecule has 0 saturated carbocycles. The summed E-state index contributed by atoms with van der Waals surface area (Å²) in [6, 6.07) is 3.25. The lowest BCUT2D eigenvalue weighted by atomic mass is 10.2. The summed E-state index contributed by atoms with van der Waals surface area (Å²) in [6.45, 7) is 0.264. The molecule has 19 heavy (non-hydrogen) atoms. The fourth-order valence-electron chi connectivity index (χ4n) is 2.13. The molecule has 1 aliphatic heterocycles. The van der Waals surface area contributed by atoms with Gasteiger partial charge in [0, 0.05) is 16.6 Å². The average Bonchev–Trinajstić information content (AvgIpc) is 2.76. The Bertz CT molecular complexity index is 598. The highest BCUT2D eigenvalue weighted by atomic mass is 35.5. The number of primary amides is 1. The maximum Gasteiger partial charge on any atom is 0.243 e. The fraction of sp³-hybridized carbons (Fsp3) is 0.364. The van der Waals surface area contributed by atoms with Crippen LogP contribution in [0.15, 0.2) is 23.1 Å². The highest BCUT2D eigenvalue weighted by Crippen LogP contribution is 2.29. The van der Waals surface area contributed by atoms with Crippen molar-refractivity contribution >= 4 is 39.1 Å². The van der Waals surface area contributed by atoms with Gasteiger partial charge in [-0.05, 0) is 31.0 Å². The smallest absolute Gasteiger partial charge is 0.243 e. The van der Waals surface area contributed by atoms with Crippen LogP contribution in [0.25, 0.3) is 0 Å². The topological polar surface area (TPSA) is 80.5 Å². The molecule has 1 aromatic rings. The second kappa shape index (κ2) is 5.28. The molecule has 0 aliphatic carbocycles. The first kappa shape index (κ1) is 14.6. The Balaban J connectivity index is 2.44. The van der Waals surface area contributed by atoms with Crippen molar-refractivity contribution in [2.45, 2.75) is 23.8 Å². The molecule has 1 atom stereocenters. The molecule has 0 unspecified atom stereocenters. The van der Waals surface area contributed by atoms with Crippen molar-refractivity contribution in [2.75, 3.05) is 6.54 Å². The van der Waals surface area contributed by atoms with E-state index in [4.69, 9.17) is 28.9 Å². The van der Waals surface area contributed by atoms with E-state index < -0.39 is 22.0 Å². The van der Waals surface area contributed by atoms with Gasteiger partial charge in [0.1, 0.15) is 6.04 Å². The van der Waals surface area contributed by atoms with E-state index in [-0.39, 0.29) is 21.5 Å². The van der Waals surface area contributed by atoms with Gasteiger partial charge in [0.05, 0.1) is 4.90 Å².